The SMILES string of the molecule is Cc1ccccc1NC(=O)/C(C#N)=C\c1cn(CC#N)c2ccccc12. The second kappa shape index (κ2) is 7.38. The van der Waals surface area contributed by atoms with Crippen molar-refractivity contribution in [3.05, 3.63) is 71.4 Å². The van der Waals surface area contributed by atoms with Crippen LogP contribution < -0.4 is 5.32 Å². The van der Waals surface area contributed by atoms with Gasteiger partial charge in [0.2, 0.25) is 0 Å². The first kappa shape index (κ1) is 17.0. The molecule has 1 aromatic heterocycles. The average Bonchev–Trinajstić information content (AvgIpc) is 2.99. The van der Waals surface area contributed by atoms with Crippen molar-refractivity contribution in [2.24, 2.45) is 0 Å². The zero-order chi connectivity index (χ0) is 18.5. The normalized spacial score (nSPS) is 11.0. The summed E-state index contributed by atoms with van der Waals surface area (Å²) < 4.78 is 1.80. The quantitative estimate of drug-likeness (QED) is 0.575. The number of hydrogen-bond acceptors (Lipinski definition) is 3. The fraction of sp³-hybridized carbons (Fsp3) is 0.0952. The number of amides is 1. The van der Waals surface area contributed by atoms with Gasteiger partial charge in [-0.3, -0.25) is 4.79 Å². The highest BCUT2D eigenvalue weighted by molar-refractivity contribution is 6.11. The standard InChI is InChI=1S/C21H16N4O/c1-15-6-2-4-8-19(15)24-21(26)16(13-23)12-17-14-25(11-10-22)20-9-5-3-7-18(17)20/h2-9,12,14H,11H2,1H3,(H,24,26)/b16-12-. The lowest BCUT2D eigenvalue weighted by atomic mass is 10.1. The van der Waals surface area contributed by atoms with E-state index in [0.29, 0.717) is 5.69 Å². The molecule has 0 spiro atoms. The number of aryl methyl sites for hydroxylation is 1. The summed E-state index contributed by atoms with van der Waals surface area (Å²) in [6, 6.07) is 19.1. The van der Waals surface area contributed by atoms with E-state index in [9.17, 15) is 10.1 Å². The lowest BCUT2D eigenvalue weighted by Crippen LogP contribution is -2.14. The van der Waals surface area contributed by atoms with E-state index in [0.717, 1.165) is 22.0 Å². The maximum atomic E-state index is 12.5. The molecule has 0 fully saturated rings. The zero-order valence-electron chi connectivity index (χ0n) is 14.2. The molecule has 0 radical (unpaired) electrons. The molecule has 126 valence electrons. The van der Waals surface area contributed by atoms with Gasteiger partial charge in [-0.15, -0.1) is 0 Å². The maximum Gasteiger partial charge on any atom is 0.266 e. The molecule has 3 rings (SSSR count). The van der Waals surface area contributed by atoms with Gasteiger partial charge in [0.1, 0.15) is 18.2 Å². The molecular formula is C21H16N4O. The van der Waals surface area contributed by atoms with Crippen LogP contribution in [0.1, 0.15) is 11.1 Å². The number of rotatable bonds is 4. The van der Waals surface area contributed by atoms with Crippen molar-refractivity contribution in [3.63, 3.8) is 0 Å². The Labute approximate surface area is 151 Å². The highest BCUT2D eigenvalue weighted by Gasteiger charge is 2.13. The molecule has 1 amide bonds. The molecule has 1 heterocycles. The monoisotopic (exact) mass is 340 g/mol. The molecule has 0 aliphatic rings. The first-order valence-electron chi connectivity index (χ1n) is 8.07. The van der Waals surface area contributed by atoms with Crippen molar-refractivity contribution in [2.45, 2.75) is 13.5 Å². The Morgan fingerprint density at radius 1 is 1.15 bits per heavy atom. The van der Waals surface area contributed by atoms with Crippen molar-refractivity contribution in [1.29, 1.82) is 10.5 Å². The second-order valence-corrected chi connectivity index (χ2v) is 5.83. The first-order valence-corrected chi connectivity index (χ1v) is 8.07. The Morgan fingerprint density at radius 2 is 1.88 bits per heavy atom. The van der Waals surface area contributed by atoms with Crippen LogP contribution in [0.25, 0.3) is 17.0 Å². The van der Waals surface area contributed by atoms with Gasteiger partial charge in [0.25, 0.3) is 5.91 Å². The third-order valence-electron chi connectivity index (χ3n) is 4.12. The van der Waals surface area contributed by atoms with Crippen LogP contribution in [0.2, 0.25) is 0 Å². The summed E-state index contributed by atoms with van der Waals surface area (Å²) in [5, 5.41) is 22.1. The van der Waals surface area contributed by atoms with Crippen LogP contribution in [0.4, 0.5) is 5.69 Å². The van der Waals surface area contributed by atoms with E-state index in [2.05, 4.69) is 11.4 Å². The van der Waals surface area contributed by atoms with Gasteiger partial charge < -0.3 is 9.88 Å². The van der Waals surface area contributed by atoms with E-state index >= 15 is 0 Å². The number of nitrogens with one attached hydrogen (secondary N) is 1. The maximum absolute atomic E-state index is 12.5. The Morgan fingerprint density at radius 3 is 2.62 bits per heavy atom. The summed E-state index contributed by atoms with van der Waals surface area (Å²) in [5.41, 5.74) is 3.21. The summed E-state index contributed by atoms with van der Waals surface area (Å²) in [5.74, 6) is -0.459. The molecule has 2 aromatic carbocycles. The number of nitrogens with zero attached hydrogens (tertiary/aromatic N) is 3. The van der Waals surface area contributed by atoms with Crippen LogP contribution in [0, 0.1) is 29.6 Å². The average molecular weight is 340 g/mol. The van der Waals surface area contributed by atoms with Crippen LogP contribution in [0.15, 0.2) is 60.3 Å². The van der Waals surface area contributed by atoms with Crippen molar-refractivity contribution in [1.82, 2.24) is 4.57 Å². The van der Waals surface area contributed by atoms with E-state index in [-0.39, 0.29) is 12.1 Å². The fourth-order valence-corrected chi connectivity index (χ4v) is 2.80. The predicted molar refractivity (Wildman–Crippen MR) is 101 cm³/mol. The lowest BCUT2D eigenvalue weighted by molar-refractivity contribution is -0.112. The molecule has 0 saturated heterocycles. The number of nitriles is 2. The van der Waals surface area contributed by atoms with Crippen molar-refractivity contribution in [2.75, 3.05) is 5.32 Å². The largest absolute Gasteiger partial charge is 0.333 e. The van der Waals surface area contributed by atoms with Gasteiger partial charge in [-0.25, -0.2) is 0 Å². The van der Waals surface area contributed by atoms with Gasteiger partial charge in [0.15, 0.2) is 0 Å². The number of hydrogen-bond donors (Lipinski definition) is 1. The van der Waals surface area contributed by atoms with Gasteiger partial charge in [-0.1, -0.05) is 36.4 Å². The highest BCUT2D eigenvalue weighted by Crippen LogP contribution is 2.24. The number of benzene rings is 2. The second-order valence-electron chi connectivity index (χ2n) is 5.83. The summed E-state index contributed by atoms with van der Waals surface area (Å²) in [6.45, 7) is 2.09. The zero-order valence-corrected chi connectivity index (χ0v) is 14.2. The molecule has 26 heavy (non-hydrogen) atoms. The van der Waals surface area contributed by atoms with Crippen LogP contribution in [-0.2, 0) is 11.3 Å². The summed E-state index contributed by atoms with van der Waals surface area (Å²) >= 11 is 0. The minimum atomic E-state index is -0.459. The minimum absolute atomic E-state index is 0.00751. The molecular weight excluding hydrogens is 324 g/mol. The topological polar surface area (TPSA) is 81.6 Å². The molecule has 0 saturated carbocycles. The number of fused-ring (bicyclic) bond motifs is 1. The molecule has 0 unspecified atom stereocenters. The van der Waals surface area contributed by atoms with Gasteiger partial charge in [-0.2, -0.15) is 10.5 Å². The van der Waals surface area contributed by atoms with Crippen LogP contribution in [0.5, 0.6) is 0 Å². The number of carbonyl (C=O) groups excluding carboxylic acids is 1. The first-order chi connectivity index (χ1) is 12.6. The Balaban J connectivity index is 1.98. The van der Waals surface area contributed by atoms with E-state index in [4.69, 9.17) is 5.26 Å². The fourth-order valence-electron chi connectivity index (χ4n) is 2.80. The van der Waals surface area contributed by atoms with E-state index in [1.54, 1.807) is 22.9 Å². The number of carbonyl (C=O) groups is 1. The van der Waals surface area contributed by atoms with Crippen molar-refractivity contribution >= 4 is 28.6 Å². The lowest BCUT2D eigenvalue weighted by Gasteiger charge is -2.07. The van der Waals surface area contributed by atoms with E-state index < -0.39 is 5.91 Å². The number of aromatic nitrogens is 1. The molecule has 0 bridgehead atoms. The third-order valence-corrected chi connectivity index (χ3v) is 4.12. The number of para-hydroxylation sites is 2. The summed E-state index contributed by atoms with van der Waals surface area (Å²) in [6.07, 6.45) is 3.34. The van der Waals surface area contributed by atoms with Crippen molar-refractivity contribution < 1.29 is 4.79 Å². The van der Waals surface area contributed by atoms with Crippen molar-refractivity contribution in [3.8, 4) is 12.1 Å². The molecule has 1 N–H and O–H groups in total. The smallest absolute Gasteiger partial charge is 0.266 e. The van der Waals surface area contributed by atoms with Gasteiger partial charge in [-0.05, 0) is 30.7 Å². The Hall–Kier alpha value is -3.83. The predicted octanol–water partition coefficient (Wildman–Crippen LogP) is 4.02. The van der Waals surface area contributed by atoms with E-state index in [1.807, 2.05) is 55.5 Å². The molecule has 5 heteroatoms. The Kier molecular flexibility index (Phi) is 4.83. The van der Waals surface area contributed by atoms with Crippen LogP contribution >= 0.6 is 0 Å². The third kappa shape index (κ3) is 3.33. The molecule has 0 atom stereocenters. The van der Waals surface area contributed by atoms with Crippen LogP contribution in [0.3, 0.4) is 0 Å². The minimum Gasteiger partial charge on any atom is -0.333 e. The molecule has 5 nitrogen and oxygen atoms in total. The van der Waals surface area contributed by atoms with Gasteiger partial charge in [0, 0.05) is 28.4 Å². The molecule has 3 aromatic rings. The van der Waals surface area contributed by atoms with Crippen LogP contribution in [-0.4, -0.2) is 10.5 Å². The highest BCUT2D eigenvalue weighted by atomic mass is 16.1. The number of anilines is 1. The molecule has 0 aliphatic carbocycles. The summed E-state index contributed by atoms with van der Waals surface area (Å²) in [4.78, 5) is 12.5. The van der Waals surface area contributed by atoms with Gasteiger partial charge >= 0.3 is 0 Å². The summed E-state index contributed by atoms with van der Waals surface area (Å²) in [7, 11) is 0. The Bertz CT molecular complexity index is 1090. The molecule has 0 aliphatic heterocycles. The van der Waals surface area contributed by atoms with Gasteiger partial charge in [0.05, 0.1) is 6.07 Å². The van der Waals surface area contributed by atoms with E-state index in [1.165, 1.54) is 0 Å².